The van der Waals surface area contributed by atoms with Gasteiger partial charge in [0, 0.05) is 5.69 Å². The van der Waals surface area contributed by atoms with Gasteiger partial charge >= 0.3 is 6.61 Å². The van der Waals surface area contributed by atoms with E-state index in [1.807, 2.05) is 0 Å². The molecule has 0 atom stereocenters. The van der Waals surface area contributed by atoms with Crippen molar-refractivity contribution < 1.29 is 27.8 Å². The molecule has 2 rings (SSSR count). The summed E-state index contributed by atoms with van der Waals surface area (Å²) in [4.78, 5) is 12.5. The number of nitrogens with one attached hydrogen (secondary N) is 1. The number of rotatable bonds is 6. The third-order valence-corrected chi connectivity index (χ3v) is 3.67. The van der Waals surface area contributed by atoms with Crippen LogP contribution in [0.3, 0.4) is 0 Å². The molecule has 0 aliphatic carbocycles. The Morgan fingerprint density at radius 1 is 1.08 bits per heavy atom. The lowest BCUT2D eigenvalue weighted by atomic mass is 10.1. The van der Waals surface area contributed by atoms with Gasteiger partial charge in [0.15, 0.2) is 17.2 Å². The highest BCUT2D eigenvalue weighted by Crippen LogP contribution is 2.37. The molecule has 25 heavy (non-hydrogen) atoms. The summed E-state index contributed by atoms with van der Waals surface area (Å²) in [6, 6.07) is 7.29. The van der Waals surface area contributed by atoms with E-state index in [9.17, 15) is 13.6 Å². The summed E-state index contributed by atoms with van der Waals surface area (Å²) in [7, 11) is 2.85. The third-order valence-electron chi connectivity index (χ3n) is 3.11. The Kier molecular flexibility index (Phi) is 6.27. The summed E-state index contributed by atoms with van der Waals surface area (Å²) in [6.07, 6.45) is 0. The summed E-state index contributed by atoms with van der Waals surface area (Å²) < 4.78 is 39.2. The van der Waals surface area contributed by atoms with Gasteiger partial charge in [-0.05, 0) is 24.3 Å². The SMILES string of the molecule is COc1cccc(C(=O)Nc2cc(Cl)c(OC(F)F)c(Cl)c2)c1OC. The van der Waals surface area contributed by atoms with Gasteiger partial charge in [0.2, 0.25) is 0 Å². The number of methoxy groups -OCH3 is 2. The molecule has 5 nitrogen and oxygen atoms in total. The molecule has 2 aromatic rings. The molecule has 0 radical (unpaired) electrons. The number of alkyl halides is 2. The van der Waals surface area contributed by atoms with Crippen molar-refractivity contribution in [1.82, 2.24) is 0 Å². The zero-order valence-corrected chi connectivity index (χ0v) is 14.6. The van der Waals surface area contributed by atoms with Gasteiger partial charge in [-0.25, -0.2) is 0 Å². The standard InChI is InChI=1S/C16H13Cl2F2NO4/c1-23-12-5-3-4-9(13(12)24-2)15(22)21-8-6-10(17)14(11(18)7-8)25-16(19)20/h3-7,16H,1-2H3,(H,21,22). The van der Waals surface area contributed by atoms with Crippen LogP contribution in [0, 0.1) is 0 Å². The fraction of sp³-hybridized carbons (Fsp3) is 0.188. The molecule has 0 aliphatic rings. The Balaban J connectivity index is 2.30. The normalized spacial score (nSPS) is 10.5. The number of amides is 1. The van der Waals surface area contributed by atoms with E-state index in [0.717, 1.165) is 0 Å². The van der Waals surface area contributed by atoms with E-state index in [1.54, 1.807) is 12.1 Å². The number of anilines is 1. The summed E-state index contributed by atoms with van der Waals surface area (Å²) >= 11 is 11.8. The number of para-hydroxylation sites is 1. The number of benzene rings is 2. The van der Waals surface area contributed by atoms with Gasteiger partial charge in [0.25, 0.3) is 5.91 Å². The van der Waals surface area contributed by atoms with Crippen LogP contribution in [-0.2, 0) is 0 Å². The van der Waals surface area contributed by atoms with Crippen LogP contribution in [0.1, 0.15) is 10.4 Å². The van der Waals surface area contributed by atoms with E-state index >= 15 is 0 Å². The molecule has 0 saturated carbocycles. The van der Waals surface area contributed by atoms with Crippen LogP contribution in [-0.4, -0.2) is 26.7 Å². The van der Waals surface area contributed by atoms with Crippen LogP contribution in [0.15, 0.2) is 30.3 Å². The van der Waals surface area contributed by atoms with Crippen molar-refractivity contribution in [3.63, 3.8) is 0 Å². The Bertz CT molecular complexity index is 764. The fourth-order valence-corrected chi connectivity index (χ4v) is 2.67. The maximum absolute atomic E-state index is 12.5. The molecule has 0 heterocycles. The van der Waals surface area contributed by atoms with E-state index in [0.29, 0.717) is 5.75 Å². The van der Waals surface area contributed by atoms with Crippen molar-refractivity contribution in [1.29, 1.82) is 0 Å². The second-order valence-corrected chi connectivity index (χ2v) is 5.46. The third kappa shape index (κ3) is 4.43. The Morgan fingerprint density at radius 2 is 1.72 bits per heavy atom. The maximum Gasteiger partial charge on any atom is 0.387 e. The van der Waals surface area contributed by atoms with Crippen LogP contribution >= 0.6 is 23.2 Å². The summed E-state index contributed by atoms with van der Waals surface area (Å²) in [5.41, 5.74) is 0.411. The summed E-state index contributed by atoms with van der Waals surface area (Å²) in [5.74, 6) is -0.259. The second kappa shape index (κ2) is 8.22. The first-order valence-electron chi connectivity index (χ1n) is 6.83. The average Bonchev–Trinajstić information content (AvgIpc) is 2.57. The lowest BCUT2D eigenvalue weighted by Gasteiger charge is -2.14. The highest BCUT2D eigenvalue weighted by molar-refractivity contribution is 6.37. The zero-order valence-electron chi connectivity index (χ0n) is 13.1. The molecule has 2 aromatic carbocycles. The van der Waals surface area contributed by atoms with Crippen molar-refractivity contribution in [3.8, 4) is 17.2 Å². The number of hydrogen-bond donors (Lipinski definition) is 1. The molecule has 1 N–H and O–H groups in total. The lowest BCUT2D eigenvalue weighted by molar-refractivity contribution is -0.0497. The van der Waals surface area contributed by atoms with Crippen molar-refractivity contribution in [2.75, 3.05) is 19.5 Å². The van der Waals surface area contributed by atoms with Crippen molar-refractivity contribution in [2.45, 2.75) is 6.61 Å². The predicted octanol–water partition coefficient (Wildman–Crippen LogP) is 4.86. The molecule has 0 aromatic heterocycles. The van der Waals surface area contributed by atoms with Crippen LogP contribution in [0.2, 0.25) is 10.0 Å². The molecule has 9 heteroatoms. The first-order valence-corrected chi connectivity index (χ1v) is 7.59. The Morgan fingerprint density at radius 3 is 2.24 bits per heavy atom. The first kappa shape index (κ1) is 19.1. The number of carbonyl (C=O) groups is 1. The molecule has 0 bridgehead atoms. The van der Waals surface area contributed by atoms with Crippen LogP contribution in [0.25, 0.3) is 0 Å². The number of hydrogen-bond acceptors (Lipinski definition) is 4. The minimum absolute atomic E-state index is 0.166. The monoisotopic (exact) mass is 391 g/mol. The van der Waals surface area contributed by atoms with Gasteiger partial charge < -0.3 is 19.5 Å². The highest BCUT2D eigenvalue weighted by Gasteiger charge is 2.19. The van der Waals surface area contributed by atoms with Crippen molar-refractivity contribution in [2.24, 2.45) is 0 Å². The average molecular weight is 392 g/mol. The lowest BCUT2D eigenvalue weighted by Crippen LogP contribution is -2.14. The van der Waals surface area contributed by atoms with E-state index in [1.165, 1.54) is 32.4 Å². The smallest absolute Gasteiger partial charge is 0.387 e. The molecule has 0 unspecified atom stereocenters. The van der Waals surface area contributed by atoms with Gasteiger partial charge in [-0.3, -0.25) is 4.79 Å². The van der Waals surface area contributed by atoms with Gasteiger partial charge in [0.1, 0.15) is 0 Å². The van der Waals surface area contributed by atoms with Crippen LogP contribution in [0.4, 0.5) is 14.5 Å². The van der Waals surface area contributed by atoms with Gasteiger partial charge in [-0.15, -0.1) is 0 Å². The number of carbonyl (C=O) groups excluding carboxylic acids is 1. The minimum Gasteiger partial charge on any atom is -0.493 e. The summed E-state index contributed by atoms with van der Waals surface area (Å²) in [5, 5.41) is 2.23. The maximum atomic E-state index is 12.5. The van der Waals surface area contributed by atoms with Gasteiger partial charge in [0.05, 0.1) is 29.8 Å². The minimum atomic E-state index is -3.07. The molecule has 0 fully saturated rings. The first-order chi connectivity index (χ1) is 11.9. The van der Waals surface area contributed by atoms with E-state index in [-0.39, 0.29) is 32.8 Å². The largest absolute Gasteiger partial charge is 0.493 e. The summed E-state index contributed by atoms with van der Waals surface area (Å²) in [6.45, 7) is -3.07. The Hall–Kier alpha value is -2.25. The number of halogens is 4. The molecule has 0 saturated heterocycles. The van der Waals surface area contributed by atoms with E-state index in [2.05, 4.69) is 10.1 Å². The molecular weight excluding hydrogens is 379 g/mol. The Labute approximate surface area is 152 Å². The second-order valence-electron chi connectivity index (χ2n) is 4.64. The quantitative estimate of drug-likeness (QED) is 0.763. The molecule has 0 spiro atoms. The van der Waals surface area contributed by atoms with Crippen molar-refractivity contribution >= 4 is 34.8 Å². The molecule has 134 valence electrons. The van der Waals surface area contributed by atoms with Gasteiger partial charge in [-0.1, -0.05) is 29.3 Å². The van der Waals surface area contributed by atoms with E-state index < -0.39 is 12.5 Å². The van der Waals surface area contributed by atoms with Crippen LogP contribution in [0.5, 0.6) is 17.2 Å². The van der Waals surface area contributed by atoms with E-state index in [4.69, 9.17) is 32.7 Å². The highest BCUT2D eigenvalue weighted by atomic mass is 35.5. The van der Waals surface area contributed by atoms with Crippen LogP contribution < -0.4 is 19.5 Å². The fourth-order valence-electron chi connectivity index (χ4n) is 2.10. The number of ether oxygens (including phenoxy) is 3. The zero-order chi connectivity index (χ0) is 18.6. The molecule has 1 amide bonds. The molecule has 0 aliphatic heterocycles. The van der Waals surface area contributed by atoms with Crippen molar-refractivity contribution in [3.05, 3.63) is 45.9 Å². The van der Waals surface area contributed by atoms with Gasteiger partial charge in [-0.2, -0.15) is 8.78 Å². The molecular formula is C16H13Cl2F2NO4. The predicted molar refractivity (Wildman–Crippen MR) is 90.6 cm³/mol. The topological polar surface area (TPSA) is 56.8 Å².